The predicted molar refractivity (Wildman–Crippen MR) is 122 cm³/mol. The van der Waals surface area contributed by atoms with E-state index in [9.17, 15) is 13.2 Å². The molecule has 2 N–H and O–H groups in total. The van der Waals surface area contributed by atoms with E-state index in [1.54, 1.807) is 19.1 Å². The predicted octanol–water partition coefficient (Wildman–Crippen LogP) is 2.49. The summed E-state index contributed by atoms with van der Waals surface area (Å²) < 4.78 is 32.8. The van der Waals surface area contributed by atoms with Gasteiger partial charge < -0.3 is 10.1 Å². The lowest BCUT2D eigenvalue weighted by Crippen LogP contribution is -2.37. The fourth-order valence-electron chi connectivity index (χ4n) is 3.57. The highest BCUT2D eigenvalue weighted by atomic mass is 32.2. The van der Waals surface area contributed by atoms with Crippen molar-refractivity contribution in [2.75, 3.05) is 44.7 Å². The van der Waals surface area contributed by atoms with Crippen LogP contribution in [-0.4, -0.2) is 58.6 Å². The van der Waals surface area contributed by atoms with Crippen molar-refractivity contribution in [1.82, 2.24) is 9.62 Å². The van der Waals surface area contributed by atoms with Crippen LogP contribution < -0.4 is 10.0 Å². The fraction of sp³-hybridized carbons (Fsp3) is 0.435. The molecular weight excluding hydrogens is 414 g/mol. The number of nitrogens with one attached hydrogen (secondary N) is 2. The molecule has 2 aromatic rings. The maximum atomic E-state index is 12.5. The molecule has 3 rings (SSSR count). The monoisotopic (exact) mass is 445 g/mol. The molecule has 0 saturated carbocycles. The molecule has 1 aliphatic heterocycles. The zero-order chi connectivity index (χ0) is 22.3. The average Bonchev–Trinajstić information content (AvgIpc) is 2.73. The Hall–Kier alpha value is -2.26. The Morgan fingerprint density at radius 2 is 1.77 bits per heavy atom. The molecule has 1 aliphatic rings. The largest absolute Gasteiger partial charge is 0.379 e. The van der Waals surface area contributed by atoms with E-state index in [1.807, 2.05) is 37.3 Å². The smallest absolute Gasteiger partial charge is 0.240 e. The molecule has 0 radical (unpaired) electrons. The molecule has 0 aliphatic carbocycles. The normalized spacial score (nSPS) is 15.0. The van der Waals surface area contributed by atoms with Crippen molar-refractivity contribution in [3.63, 3.8) is 0 Å². The second kappa shape index (κ2) is 10.9. The van der Waals surface area contributed by atoms with Gasteiger partial charge >= 0.3 is 0 Å². The first-order valence-electron chi connectivity index (χ1n) is 10.6. The van der Waals surface area contributed by atoms with E-state index in [0.29, 0.717) is 11.3 Å². The van der Waals surface area contributed by atoms with Crippen LogP contribution in [0.25, 0.3) is 0 Å². The number of hydrogen-bond acceptors (Lipinski definition) is 5. The van der Waals surface area contributed by atoms with E-state index in [4.69, 9.17) is 4.74 Å². The van der Waals surface area contributed by atoms with Gasteiger partial charge in [-0.15, -0.1) is 0 Å². The Balaban J connectivity index is 1.43. The van der Waals surface area contributed by atoms with Gasteiger partial charge in [-0.05, 0) is 49.6 Å². The summed E-state index contributed by atoms with van der Waals surface area (Å²) in [6, 6.07) is 13.0. The molecule has 8 heteroatoms. The van der Waals surface area contributed by atoms with Crippen molar-refractivity contribution in [3.05, 3.63) is 59.2 Å². The highest BCUT2D eigenvalue weighted by molar-refractivity contribution is 7.89. The van der Waals surface area contributed by atoms with Crippen molar-refractivity contribution >= 4 is 21.6 Å². The number of carbonyl (C=O) groups is 1. The second-order valence-corrected chi connectivity index (χ2v) is 9.60. The van der Waals surface area contributed by atoms with Crippen molar-refractivity contribution in [1.29, 1.82) is 0 Å². The van der Waals surface area contributed by atoms with Crippen molar-refractivity contribution in [2.24, 2.45) is 0 Å². The minimum atomic E-state index is -3.64. The zero-order valence-corrected chi connectivity index (χ0v) is 19.0. The van der Waals surface area contributed by atoms with E-state index < -0.39 is 10.0 Å². The van der Waals surface area contributed by atoms with Gasteiger partial charge in [-0.25, -0.2) is 13.1 Å². The number of rotatable bonds is 9. The SMILES string of the molecule is Cc1ccc(S(=O)(=O)NCCC(=O)Nc2ccc(CCN3CCOCC3)cc2)c(C)c1. The molecule has 2 aromatic carbocycles. The Kier molecular flexibility index (Phi) is 8.20. The Morgan fingerprint density at radius 1 is 1.06 bits per heavy atom. The average molecular weight is 446 g/mol. The third kappa shape index (κ3) is 7.14. The first kappa shape index (κ1) is 23.4. The lowest BCUT2D eigenvalue weighted by Gasteiger charge is -2.26. The minimum absolute atomic E-state index is 0.0408. The Bertz CT molecular complexity index is 984. The maximum absolute atomic E-state index is 12.5. The third-order valence-electron chi connectivity index (χ3n) is 5.32. The maximum Gasteiger partial charge on any atom is 0.240 e. The molecule has 1 fully saturated rings. The summed E-state index contributed by atoms with van der Waals surface area (Å²) in [6.07, 6.45) is 1.01. The van der Waals surface area contributed by atoms with Gasteiger partial charge in [-0.3, -0.25) is 9.69 Å². The summed E-state index contributed by atoms with van der Waals surface area (Å²) in [5.74, 6) is -0.232. The standard InChI is InChI=1S/C23H31N3O4S/c1-18-3-8-22(19(2)17-18)31(28,29)24-11-9-23(27)25-21-6-4-20(5-7-21)10-12-26-13-15-30-16-14-26/h3-8,17,24H,9-16H2,1-2H3,(H,25,27). The first-order valence-corrected chi connectivity index (χ1v) is 12.1. The minimum Gasteiger partial charge on any atom is -0.379 e. The van der Waals surface area contributed by atoms with Crippen LogP contribution in [0.4, 0.5) is 5.69 Å². The van der Waals surface area contributed by atoms with Gasteiger partial charge in [0, 0.05) is 38.3 Å². The van der Waals surface area contributed by atoms with Crippen LogP contribution in [0.1, 0.15) is 23.1 Å². The molecule has 0 spiro atoms. The number of aryl methyl sites for hydroxylation is 2. The van der Waals surface area contributed by atoms with Crippen LogP contribution in [0.3, 0.4) is 0 Å². The number of nitrogens with zero attached hydrogens (tertiary/aromatic N) is 1. The van der Waals surface area contributed by atoms with Gasteiger partial charge in [0.05, 0.1) is 18.1 Å². The molecule has 7 nitrogen and oxygen atoms in total. The van der Waals surface area contributed by atoms with Crippen molar-refractivity contribution < 1.29 is 17.9 Å². The molecular formula is C23H31N3O4S. The number of ether oxygens (including phenoxy) is 1. The zero-order valence-electron chi connectivity index (χ0n) is 18.2. The molecule has 0 bridgehead atoms. The van der Waals surface area contributed by atoms with E-state index in [2.05, 4.69) is 14.9 Å². The van der Waals surface area contributed by atoms with Gasteiger partial charge in [0.2, 0.25) is 15.9 Å². The van der Waals surface area contributed by atoms with E-state index in [1.165, 1.54) is 5.56 Å². The van der Waals surface area contributed by atoms with Crippen molar-refractivity contribution in [3.8, 4) is 0 Å². The Labute approximate surface area is 184 Å². The van der Waals surface area contributed by atoms with Gasteiger partial charge in [-0.1, -0.05) is 29.8 Å². The second-order valence-electron chi connectivity index (χ2n) is 7.87. The highest BCUT2D eigenvalue weighted by Crippen LogP contribution is 2.16. The number of anilines is 1. The number of morpholine rings is 1. The number of hydrogen-bond donors (Lipinski definition) is 2. The molecule has 1 amide bonds. The van der Waals surface area contributed by atoms with Crippen LogP contribution in [0, 0.1) is 13.8 Å². The van der Waals surface area contributed by atoms with E-state index in [0.717, 1.165) is 44.8 Å². The summed E-state index contributed by atoms with van der Waals surface area (Å²) in [5.41, 5.74) is 3.61. The summed E-state index contributed by atoms with van der Waals surface area (Å²) in [7, 11) is -3.64. The summed E-state index contributed by atoms with van der Waals surface area (Å²) in [6.45, 7) is 8.26. The molecule has 0 aromatic heterocycles. The molecule has 0 unspecified atom stereocenters. The lowest BCUT2D eigenvalue weighted by molar-refractivity contribution is -0.116. The first-order chi connectivity index (χ1) is 14.8. The number of amides is 1. The van der Waals surface area contributed by atoms with Crippen LogP contribution >= 0.6 is 0 Å². The van der Waals surface area contributed by atoms with Crippen LogP contribution in [0.5, 0.6) is 0 Å². The molecule has 0 atom stereocenters. The Morgan fingerprint density at radius 3 is 2.45 bits per heavy atom. The van der Waals surface area contributed by atoms with Gasteiger partial charge in [0.25, 0.3) is 0 Å². The molecule has 31 heavy (non-hydrogen) atoms. The number of benzene rings is 2. The van der Waals surface area contributed by atoms with Crippen LogP contribution in [-0.2, 0) is 26.0 Å². The van der Waals surface area contributed by atoms with Crippen molar-refractivity contribution in [2.45, 2.75) is 31.6 Å². The van der Waals surface area contributed by atoms with Gasteiger partial charge in [0.1, 0.15) is 0 Å². The third-order valence-corrected chi connectivity index (χ3v) is 6.94. The quantitative estimate of drug-likeness (QED) is 0.619. The molecule has 168 valence electrons. The fourth-order valence-corrected chi connectivity index (χ4v) is 4.82. The number of sulfonamides is 1. The highest BCUT2D eigenvalue weighted by Gasteiger charge is 2.17. The van der Waals surface area contributed by atoms with E-state index in [-0.39, 0.29) is 23.8 Å². The summed E-state index contributed by atoms with van der Waals surface area (Å²) in [5, 5.41) is 2.82. The summed E-state index contributed by atoms with van der Waals surface area (Å²) >= 11 is 0. The molecule has 1 heterocycles. The van der Waals surface area contributed by atoms with E-state index >= 15 is 0 Å². The van der Waals surface area contributed by atoms with Crippen LogP contribution in [0.2, 0.25) is 0 Å². The molecule has 1 saturated heterocycles. The van der Waals surface area contributed by atoms with Gasteiger partial charge in [0.15, 0.2) is 0 Å². The lowest BCUT2D eigenvalue weighted by atomic mass is 10.1. The van der Waals surface area contributed by atoms with Crippen LogP contribution in [0.15, 0.2) is 47.4 Å². The topological polar surface area (TPSA) is 87.7 Å². The number of carbonyl (C=O) groups excluding carboxylic acids is 1. The summed E-state index contributed by atoms with van der Waals surface area (Å²) in [4.78, 5) is 14.8. The van der Waals surface area contributed by atoms with Gasteiger partial charge in [-0.2, -0.15) is 0 Å².